The van der Waals surface area contributed by atoms with Crippen molar-refractivity contribution in [2.24, 2.45) is 7.05 Å². The Morgan fingerprint density at radius 3 is 2.74 bits per heavy atom. The van der Waals surface area contributed by atoms with Crippen LogP contribution < -0.4 is 10.5 Å². The molecule has 2 rings (SSSR count). The molecule has 2 aromatic rings. The summed E-state index contributed by atoms with van der Waals surface area (Å²) >= 11 is 0. The third-order valence-corrected chi connectivity index (χ3v) is 4.12. The minimum absolute atomic E-state index is 0.0486. The Hall–Kier alpha value is -1.93. The zero-order valence-electron chi connectivity index (χ0n) is 10.7. The molecule has 0 aliphatic heterocycles. The molecule has 1 aromatic carbocycles. The van der Waals surface area contributed by atoms with Crippen molar-refractivity contribution in [3.05, 3.63) is 35.9 Å². The summed E-state index contributed by atoms with van der Waals surface area (Å²) in [5, 5.41) is 4.00. The van der Waals surface area contributed by atoms with Gasteiger partial charge < -0.3 is 5.73 Å². The molecule has 0 saturated carbocycles. The van der Waals surface area contributed by atoms with E-state index in [9.17, 15) is 8.42 Å². The van der Waals surface area contributed by atoms with Crippen LogP contribution in [0.25, 0.3) is 0 Å². The van der Waals surface area contributed by atoms with E-state index in [0.29, 0.717) is 17.1 Å². The highest BCUT2D eigenvalue weighted by Gasteiger charge is 2.17. The van der Waals surface area contributed by atoms with Gasteiger partial charge in [-0.05, 0) is 30.7 Å². The molecule has 0 spiro atoms. The molecule has 8 heteroatoms. The second kappa shape index (κ2) is 4.98. The van der Waals surface area contributed by atoms with Crippen LogP contribution in [0.3, 0.4) is 0 Å². The molecule has 7 nitrogen and oxygen atoms in total. The molecule has 1 aromatic heterocycles. The number of aryl methyl sites for hydroxylation is 2. The van der Waals surface area contributed by atoms with E-state index < -0.39 is 10.0 Å². The average molecular weight is 281 g/mol. The number of anilines is 1. The van der Waals surface area contributed by atoms with Gasteiger partial charge in [-0.3, -0.25) is 4.68 Å². The van der Waals surface area contributed by atoms with Crippen LogP contribution >= 0.6 is 0 Å². The molecule has 0 radical (unpaired) electrons. The molecule has 0 fully saturated rings. The van der Waals surface area contributed by atoms with Crippen molar-refractivity contribution in [3.63, 3.8) is 0 Å². The third kappa shape index (κ3) is 3.09. The fourth-order valence-electron chi connectivity index (χ4n) is 1.68. The van der Waals surface area contributed by atoms with Gasteiger partial charge >= 0.3 is 0 Å². The minimum Gasteiger partial charge on any atom is -0.399 e. The molecular formula is C11H15N5O2S. The molecule has 3 N–H and O–H groups in total. The Kier molecular flexibility index (Phi) is 3.54. The van der Waals surface area contributed by atoms with Crippen LogP contribution in [0.1, 0.15) is 11.4 Å². The lowest BCUT2D eigenvalue weighted by Gasteiger charge is -2.08. The summed E-state index contributed by atoms with van der Waals surface area (Å²) in [5.74, 6) is 0.416. The maximum absolute atomic E-state index is 12.1. The number of aromatic nitrogens is 3. The summed E-state index contributed by atoms with van der Waals surface area (Å²) in [6.07, 6.45) is 1.51. The maximum atomic E-state index is 12.1. The second-order valence-electron chi connectivity index (χ2n) is 4.18. The van der Waals surface area contributed by atoms with E-state index >= 15 is 0 Å². The largest absolute Gasteiger partial charge is 0.399 e. The number of nitrogens with two attached hydrogens (primary N) is 1. The van der Waals surface area contributed by atoms with Crippen LogP contribution in [0.15, 0.2) is 29.4 Å². The molecule has 0 atom stereocenters. The van der Waals surface area contributed by atoms with Crippen molar-refractivity contribution in [2.75, 3.05) is 5.73 Å². The number of nitrogens with zero attached hydrogens (tertiary/aromatic N) is 3. The lowest BCUT2D eigenvalue weighted by Crippen LogP contribution is -2.24. The lowest BCUT2D eigenvalue weighted by molar-refractivity contribution is 0.578. The van der Waals surface area contributed by atoms with Crippen molar-refractivity contribution < 1.29 is 8.42 Å². The molecule has 19 heavy (non-hydrogen) atoms. The Morgan fingerprint density at radius 2 is 2.16 bits per heavy atom. The summed E-state index contributed by atoms with van der Waals surface area (Å²) in [6.45, 7) is 1.75. The highest BCUT2D eigenvalue weighted by Crippen LogP contribution is 2.17. The maximum Gasteiger partial charge on any atom is 0.241 e. The smallest absolute Gasteiger partial charge is 0.241 e. The van der Waals surface area contributed by atoms with Crippen LogP contribution in [-0.4, -0.2) is 23.2 Å². The second-order valence-corrected chi connectivity index (χ2v) is 5.92. The standard InChI is InChI=1S/C11H15N5O2S/c1-8-5-9(12)3-4-10(8)19(17,18)14-6-11-13-7-16(2)15-11/h3-5,7,14H,6,12H2,1-2H3. The van der Waals surface area contributed by atoms with Crippen molar-refractivity contribution in [2.45, 2.75) is 18.4 Å². The quantitative estimate of drug-likeness (QED) is 0.778. The molecule has 1 heterocycles. The molecule has 102 valence electrons. The Morgan fingerprint density at radius 1 is 1.42 bits per heavy atom. The number of sulfonamides is 1. The number of benzene rings is 1. The summed E-state index contributed by atoms with van der Waals surface area (Å²) in [7, 11) is -1.87. The first-order chi connectivity index (χ1) is 8.88. The molecule has 0 amide bonds. The molecule has 0 unspecified atom stereocenters. The van der Waals surface area contributed by atoms with E-state index in [1.807, 2.05) is 0 Å². The third-order valence-electron chi connectivity index (χ3n) is 2.56. The van der Waals surface area contributed by atoms with E-state index in [4.69, 9.17) is 5.73 Å². The van der Waals surface area contributed by atoms with Crippen LogP contribution in [0, 0.1) is 6.92 Å². The first-order valence-corrected chi connectivity index (χ1v) is 7.07. The van der Waals surface area contributed by atoms with Gasteiger partial charge in [-0.25, -0.2) is 18.1 Å². The van der Waals surface area contributed by atoms with E-state index in [1.165, 1.54) is 17.1 Å². The first-order valence-electron chi connectivity index (χ1n) is 5.59. The van der Waals surface area contributed by atoms with Crippen molar-refractivity contribution in [1.82, 2.24) is 19.5 Å². The van der Waals surface area contributed by atoms with Gasteiger partial charge in [0.2, 0.25) is 10.0 Å². The molecule has 0 aliphatic carbocycles. The molecular weight excluding hydrogens is 266 g/mol. The van der Waals surface area contributed by atoms with Gasteiger partial charge in [-0.15, -0.1) is 0 Å². The average Bonchev–Trinajstić information content (AvgIpc) is 2.72. The van der Waals surface area contributed by atoms with E-state index in [0.717, 1.165) is 0 Å². The summed E-state index contributed by atoms with van der Waals surface area (Å²) in [6, 6.07) is 4.66. The van der Waals surface area contributed by atoms with E-state index in [1.54, 1.807) is 26.1 Å². The summed E-state index contributed by atoms with van der Waals surface area (Å²) in [5.41, 5.74) is 6.73. The minimum atomic E-state index is -3.59. The number of nitrogens with one attached hydrogen (secondary N) is 1. The first kappa shape index (κ1) is 13.5. The predicted molar refractivity (Wildman–Crippen MR) is 70.6 cm³/mol. The topological polar surface area (TPSA) is 103 Å². The highest BCUT2D eigenvalue weighted by atomic mass is 32.2. The van der Waals surface area contributed by atoms with Gasteiger partial charge in [0, 0.05) is 12.7 Å². The van der Waals surface area contributed by atoms with Gasteiger partial charge in [0.25, 0.3) is 0 Å². The van der Waals surface area contributed by atoms with Crippen LogP contribution in [0.2, 0.25) is 0 Å². The van der Waals surface area contributed by atoms with Crippen molar-refractivity contribution in [3.8, 4) is 0 Å². The van der Waals surface area contributed by atoms with E-state index in [2.05, 4.69) is 14.8 Å². The SMILES string of the molecule is Cc1cc(N)ccc1S(=O)(=O)NCc1ncn(C)n1. The number of hydrogen-bond acceptors (Lipinski definition) is 5. The highest BCUT2D eigenvalue weighted by molar-refractivity contribution is 7.89. The Labute approximate surface area is 111 Å². The van der Waals surface area contributed by atoms with Crippen molar-refractivity contribution in [1.29, 1.82) is 0 Å². The fourth-order valence-corrected chi connectivity index (χ4v) is 2.88. The van der Waals surface area contributed by atoms with Gasteiger partial charge in [0.1, 0.15) is 6.33 Å². The number of hydrogen-bond donors (Lipinski definition) is 2. The van der Waals surface area contributed by atoms with Crippen LogP contribution in [-0.2, 0) is 23.6 Å². The summed E-state index contributed by atoms with van der Waals surface area (Å²) in [4.78, 5) is 4.16. The molecule has 0 saturated heterocycles. The fraction of sp³-hybridized carbons (Fsp3) is 0.273. The monoisotopic (exact) mass is 281 g/mol. The number of rotatable bonds is 4. The Bertz CT molecular complexity index is 693. The van der Waals surface area contributed by atoms with Gasteiger partial charge in [-0.1, -0.05) is 0 Å². The van der Waals surface area contributed by atoms with Gasteiger partial charge in [0.15, 0.2) is 5.82 Å². The normalized spacial score (nSPS) is 11.7. The predicted octanol–water partition coefficient (Wildman–Crippen LogP) is 0.184. The van der Waals surface area contributed by atoms with Crippen LogP contribution in [0.4, 0.5) is 5.69 Å². The van der Waals surface area contributed by atoms with Crippen LogP contribution in [0.5, 0.6) is 0 Å². The van der Waals surface area contributed by atoms with Crippen molar-refractivity contribution >= 4 is 15.7 Å². The van der Waals surface area contributed by atoms with Gasteiger partial charge in [-0.2, -0.15) is 5.10 Å². The van der Waals surface area contributed by atoms with E-state index in [-0.39, 0.29) is 11.4 Å². The Balaban J connectivity index is 2.18. The molecule has 0 bridgehead atoms. The lowest BCUT2D eigenvalue weighted by atomic mass is 10.2. The zero-order chi connectivity index (χ0) is 14.0. The molecule has 0 aliphatic rings. The summed E-state index contributed by atoms with van der Waals surface area (Å²) < 4.78 is 28.2. The van der Waals surface area contributed by atoms with Gasteiger partial charge in [0.05, 0.1) is 11.4 Å². The zero-order valence-corrected chi connectivity index (χ0v) is 11.5. The number of nitrogen functional groups attached to an aromatic ring is 1.